The van der Waals surface area contributed by atoms with E-state index < -0.39 is 57.1 Å². The minimum absolute atomic E-state index is 0.292. The molecule has 0 saturated carbocycles. The van der Waals surface area contributed by atoms with Gasteiger partial charge in [-0.2, -0.15) is 74.6 Å². The predicted octanol–water partition coefficient (Wildman–Crippen LogP) is 6.51. The summed E-state index contributed by atoms with van der Waals surface area (Å²) in [4.78, 5) is 10.9. The van der Waals surface area contributed by atoms with Gasteiger partial charge < -0.3 is 4.55 Å². The van der Waals surface area contributed by atoms with Gasteiger partial charge in [-0.1, -0.05) is 0 Å². The maximum Gasteiger partial charge on any atom is 0.460 e. The highest BCUT2D eigenvalue weighted by Gasteiger charge is 2.95. The maximum absolute atomic E-state index is 13.0. The molecule has 0 unspecified atom stereocenters. The van der Waals surface area contributed by atoms with Gasteiger partial charge in [0.15, 0.2) is 21.7 Å². The van der Waals surface area contributed by atoms with Crippen molar-refractivity contribution in [3.63, 3.8) is 0 Å². The van der Waals surface area contributed by atoms with Gasteiger partial charge >= 0.3 is 47.0 Å². The zero-order valence-corrected chi connectivity index (χ0v) is 21.9. The second-order valence-corrected chi connectivity index (χ2v) is 12.9. The van der Waals surface area contributed by atoms with Crippen LogP contribution in [0.2, 0.25) is 0 Å². The Morgan fingerprint density at radius 1 is 0.600 bits per heavy atom. The number of hydrogen-bond acceptors (Lipinski definition) is 4. The van der Waals surface area contributed by atoms with Gasteiger partial charge in [-0.05, 0) is 45.5 Å². The van der Waals surface area contributed by atoms with Crippen LogP contribution < -0.4 is 0 Å². The van der Waals surface area contributed by atoms with Crippen molar-refractivity contribution in [2.45, 2.75) is 92.1 Å². The Bertz CT molecular complexity index is 980. The summed E-state index contributed by atoms with van der Waals surface area (Å²) in [5, 5.41) is -6.65. The van der Waals surface area contributed by atoms with E-state index in [1.54, 1.807) is 6.92 Å². The molecule has 4 nitrogen and oxygen atoms in total. The lowest BCUT2D eigenvalue weighted by atomic mass is 9.91. The molecule has 0 fully saturated rings. The van der Waals surface area contributed by atoms with Crippen LogP contribution in [0.3, 0.4) is 0 Å². The average molecular weight is 674 g/mol. The van der Waals surface area contributed by atoms with Gasteiger partial charge in [0, 0.05) is 0 Å². The maximum atomic E-state index is 13.0. The summed E-state index contributed by atoms with van der Waals surface area (Å²) in [7, 11) is -7.85. The van der Waals surface area contributed by atoms with E-state index in [2.05, 4.69) is 27.7 Å². The normalized spacial score (nSPS) is 15.4. The van der Waals surface area contributed by atoms with Gasteiger partial charge in [0.25, 0.3) is 0 Å². The zero-order valence-electron chi connectivity index (χ0n) is 20.2. The van der Waals surface area contributed by atoms with E-state index >= 15 is 0 Å². The molecule has 40 heavy (non-hydrogen) atoms. The van der Waals surface area contributed by atoms with Crippen LogP contribution >= 0.6 is 0 Å². The topological polar surface area (TPSA) is 74.3 Å². The lowest BCUT2D eigenvalue weighted by Gasteiger charge is -2.42. The lowest BCUT2D eigenvalue weighted by Crippen LogP contribution is -2.75. The molecule has 0 N–H and O–H groups in total. The molecular weight excluding hydrogens is 655 g/mol. The molecule has 0 rings (SSSR count). The molecule has 0 aliphatic heterocycles. The number of hydrogen-bond donors (Lipinski definition) is 0. The van der Waals surface area contributed by atoms with E-state index in [9.17, 15) is 92.4 Å². The number of carbonyl (C=O) groups excluding carboxylic acids is 1. The van der Waals surface area contributed by atoms with Gasteiger partial charge in [-0.25, -0.2) is 8.42 Å². The van der Waals surface area contributed by atoms with Crippen molar-refractivity contribution < 1.29 is 92.4 Å². The third-order valence-corrected chi connectivity index (χ3v) is 8.63. The van der Waals surface area contributed by atoms with Gasteiger partial charge in [-0.3, -0.25) is 4.79 Å². The smallest absolute Gasteiger partial charge is 0.460 e. The van der Waals surface area contributed by atoms with Crippen molar-refractivity contribution in [2.24, 2.45) is 0 Å². The summed E-state index contributed by atoms with van der Waals surface area (Å²) in [6.45, 7) is 10.5. The second-order valence-electron chi connectivity index (χ2n) is 8.33. The van der Waals surface area contributed by atoms with Gasteiger partial charge in [0.2, 0.25) is 0 Å². The zero-order chi connectivity index (χ0) is 33.5. The number of alkyl halides is 17. The molecule has 0 aliphatic rings. The molecule has 0 atom stereocenters. The molecule has 0 heterocycles. The fourth-order valence-corrected chi connectivity index (χ4v) is 5.09. The van der Waals surface area contributed by atoms with Crippen molar-refractivity contribution in [1.29, 1.82) is 0 Å². The highest BCUT2D eigenvalue weighted by molar-refractivity contribution is 7.98. The SMILES string of the molecule is CC(=O)C[S+](C(C)C)C(C)C.O=S(=O)([O-])C(F)(F)C(F)(F)C(F)(F)C(F)(F)C(F)(F)C(F)(F)C(F)(F)C(F)(F)F. The van der Waals surface area contributed by atoms with E-state index in [1.807, 2.05) is 0 Å². The third kappa shape index (κ3) is 6.86. The molecule has 0 saturated heterocycles. The first-order chi connectivity index (χ1) is 16.9. The monoisotopic (exact) mass is 674 g/mol. The van der Waals surface area contributed by atoms with E-state index in [0.29, 0.717) is 27.2 Å². The average Bonchev–Trinajstić information content (AvgIpc) is 2.69. The Morgan fingerprint density at radius 3 is 1.02 bits per heavy atom. The fourth-order valence-electron chi connectivity index (χ4n) is 2.42. The number of Topliss-reactive ketones (excluding diaryl/α,β-unsaturated/α-hetero) is 1. The molecule has 242 valence electrons. The van der Waals surface area contributed by atoms with E-state index in [-0.39, 0.29) is 0 Å². The van der Waals surface area contributed by atoms with Crippen molar-refractivity contribution in [2.75, 3.05) is 5.75 Å². The molecule has 23 heteroatoms. The van der Waals surface area contributed by atoms with Crippen LogP contribution in [0.15, 0.2) is 0 Å². The van der Waals surface area contributed by atoms with Crippen LogP contribution in [0.5, 0.6) is 0 Å². The van der Waals surface area contributed by atoms with Crippen molar-refractivity contribution >= 4 is 26.8 Å². The number of halogens is 17. The molecule has 0 aliphatic carbocycles. The fraction of sp³-hybridized carbons (Fsp3) is 0.941. The number of carbonyl (C=O) groups is 1. The minimum Gasteiger partial charge on any atom is -0.743 e. The molecule has 0 bridgehead atoms. The Kier molecular flexibility index (Phi) is 12.0. The van der Waals surface area contributed by atoms with Crippen LogP contribution in [0.4, 0.5) is 74.6 Å². The van der Waals surface area contributed by atoms with Crippen molar-refractivity contribution in [1.82, 2.24) is 0 Å². The highest BCUT2D eigenvalue weighted by atomic mass is 32.2. The Hall–Kier alpha value is -1.26. The largest absolute Gasteiger partial charge is 0.743 e. The van der Waals surface area contributed by atoms with E-state index in [4.69, 9.17) is 0 Å². The second kappa shape index (κ2) is 11.8. The molecule has 0 amide bonds. The van der Waals surface area contributed by atoms with Gasteiger partial charge in [-0.15, -0.1) is 0 Å². The summed E-state index contributed by atoms with van der Waals surface area (Å²) in [5.74, 6) is -51.0. The van der Waals surface area contributed by atoms with E-state index in [0.717, 1.165) is 5.75 Å². The molecular formula is C17H19F17O4S2. The highest BCUT2D eigenvalue weighted by Crippen LogP contribution is 2.64. The van der Waals surface area contributed by atoms with Crippen LogP contribution in [0, 0.1) is 0 Å². The van der Waals surface area contributed by atoms with Crippen LogP contribution in [-0.2, 0) is 25.8 Å². The first kappa shape index (κ1) is 40.9. The predicted molar refractivity (Wildman–Crippen MR) is 104 cm³/mol. The minimum atomic E-state index is -8.92. The third-order valence-electron chi connectivity index (χ3n) is 4.59. The Balaban J connectivity index is 0. The van der Waals surface area contributed by atoms with Gasteiger partial charge in [0.1, 0.15) is 10.5 Å². The van der Waals surface area contributed by atoms with Crippen molar-refractivity contribution in [3.8, 4) is 0 Å². The number of ketones is 1. The Morgan fingerprint density at radius 2 is 0.850 bits per heavy atom. The summed E-state index contributed by atoms with van der Waals surface area (Å²) in [5.41, 5.74) is 0. The molecule has 0 spiro atoms. The molecule has 0 radical (unpaired) electrons. The molecule has 0 aromatic carbocycles. The van der Waals surface area contributed by atoms with Crippen LogP contribution in [-0.4, -0.2) is 82.0 Å². The van der Waals surface area contributed by atoms with E-state index in [1.165, 1.54) is 0 Å². The van der Waals surface area contributed by atoms with Crippen molar-refractivity contribution in [3.05, 3.63) is 0 Å². The number of rotatable bonds is 11. The van der Waals surface area contributed by atoms with Gasteiger partial charge in [0.05, 0.1) is 0 Å². The van der Waals surface area contributed by atoms with Crippen LogP contribution in [0.25, 0.3) is 0 Å². The standard InChI is InChI=1S/C9H19OS.C8HF17O3S/c1-7(2)11(8(3)4)6-9(5)10;9-1(10,3(13,14)5(17,18)7(21,22)23)2(11,12)4(15,16)6(19,20)8(24,25)29(26,27)28/h7-8H,6H2,1-5H3;(H,26,27,28)/q+1;/p-1. The summed E-state index contributed by atoms with van der Waals surface area (Å²) in [6.07, 6.45) is -7.89. The first-order valence-electron chi connectivity index (χ1n) is 9.79. The summed E-state index contributed by atoms with van der Waals surface area (Å²) in [6, 6.07) is 0. The quantitative estimate of drug-likeness (QED) is 0.142. The van der Waals surface area contributed by atoms with Crippen LogP contribution in [0.1, 0.15) is 34.6 Å². The molecule has 0 aromatic heterocycles. The lowest BCUT2D eigenvalue weighted by molar-refractivity contribution is -0.458. The summed E-state index contributed by atoms with van der Waals surface area (Å²) >= 11 is 0. The molecule has 0 aromatic rings. The first-order valence-corrected chi connectivity index (χ1v) is 12.7. The Labute approximate surface area is 217 Å². The summed E-state index contributed by atoms with van der Waals surface area (Å²) < 4.78 is 244.